The molecule has 0 amide bonds. The van der Waals surface area contributed by atoms with Crippen molar-refractivity contribution < 1.29 is 9.90 Å². The van der Waals surface area contributed by atoms with Gasteiger partial charge in [0.15, 0.2) is 0 Å². The van der Waals surface area contributed by atoms with Gasteiger partial charge < -0.3 is 10.5 Å². The lowest BCUT2D eigenvalue weighted by molar-refractivity contribution is -0.115. The van der Waals surface area contributed by atoms with E-state index >= 15 is 0 Å². The third-order valence-corrected chi connectivity index (χ3v) is 0.980. The lowest BCUT2D eigenvalue weighted by Crippen LogP contribution is -2.15. The predicted octanol–water partition coefficient (Wildman–Crippen LogP) is 0.368. The summed E-state index contributed by atoms with van der Waals surface area (Å²) in [4.78, 5) is 10.4. The van der Waals surface area contributed by atoms with Gasteiger partial charge in [-0.3, -0.25) is 4.79 Å². The van der Waals surface area contributed by atoms with Crippen molar-refractivity contribution in [1.82, 2.24) is 0 Å². The van der Waals surface area contributed by atoms with Crippen LogP contribution in [-0.2, 0) is 4.79 Å². The minimum atomic E-state index is -0.529. The third-order valence-electron chi connectivity index (χ3n) is 0.980. The normalized spacial score (nSPS) is 9.11. The highest BCUT2D eigenvalue weighted by molar-refractivity contribution is 6.39. The SMILES string of the molecule is CCCC(=N)C(=O)CO. The zero-order valence-corrected chi connectivity index (χ0v) is 5.48. The Labute approximate surface area is 54.2 Å². The molecule has 0 unspecified atom stereocenters. The van der Waals surface area contributed by atoms with E-state index in [0.29, 0.717) is 6.42 Å². The molecule has 0 aromatic heterocycles. The molecule has 52 valence electrons. The van der Waals surface area contributed by atoms with Crippen molar-refractivity contribution in [2.24, 2.45) is 0 Å². The largest absolute Gasteiger partial charge is 0.388 e. The number of rotatable bonds is 4. The Morgan fingerprint density at radius 1 is 1.67 bits per heavy atom. The molecule has 0 radical (unpaired) electrons. The van der Waals surface area contributed by atoms with Crippen LogP contribution in [0.4, 0.5) is 0 Å². The third kappa shape index (κ3) is 2.98. The van der Waals surface area contributed by atoms with Crippen molar-refractivity contribution in [2.45, 2.75) is 19.8 Å². The maximum absolute atomic E-state index is 10.4. The lowest BCUT2D eigenvalue weighted by Gasteiger charge is -1.94. The Bertz CT molecular complexity index is 120. The van der Waals surface area contributed by atoms with Crippen LogP contribution >= 0.6 is 0 Å². The molecule has 3 heteroatoms. The Morgan fingerprint density at radius 3 is 2.56 bits per heavy atom. The summed E-state index contributed by atoms with van der Waals surface area (Å²) in [5, 5.41) is 15.2. The van der Waals surface area contributed by atoms with E-state index in [2.05, 4.69) is 0 Å². The molecule has 0 spiro atoms. The highest BCUT2D eigenvalue weighted by Gasteiger charge is 2.04. The van der Waals surface area contributed by atoms with E-state index in [-0.39, 0.29) is 5.71 Å². The zero-order valence-electron chi connectivity index (χ0n) is 5.48. The molecular weight excluding hydrogens is 118 g/mol. The minimum absolute atomic E-state index is 0.0278. The highest BCUT2D eigenvalue weighted by Crippen LogP contribution is 1.89. The maximum atomic E-state index is 10.4. The summed E-state index contributed by atoms with van der Waals surface area (Å²) in [5.74, 6) is -0.461. The molecule has 0 aliphatic carbocycles. The summed E-state index contributed by atoms with van der Waals surface area (Å²) in [6.45, 7) is 1.36. The predicted molar refractivity (Wildman–Crippen MR) is 34.7 cm³/mol. The van der Waals surface area contributed by atoms with E-state index in [1.54, 1.807) is 0 Å². The van der Waals surface area contributed by atoms with Crippen LogP contribution in [0.25, 0.3) is 0 Å². The van der Waals surface area contributed by atoms with Crippen molar-refractivity contribution in [2.75, 3.05) is 6.61 Å². The Balaban J connectivity index is 3.60. The quantitative estimate of drug-likeness (QED) is 0.538. The van der Waals surface area contributed by atoms with Crippen LogP contribution in [0.3, 0.4) is 0 Å². The van der Waals surface area contributed by atoms with E-state index in [9.17, 15) is 4.79 Å². The Morgan fingerprint density at radius 2 is 2.22 bits per heavy atom. The molecule has 0 fully saturated rings. The standard InChI is InChI=1S/C6H11NO2/c1-2-3-5(7)6(9)4-8/h7-8H,2-4H2,1H3. The van der Waals surface area contributed by atoms with Gasteiger partial charge in [-0.1, -0.05) is 13.3 Å². The van der Waals surface area contributed by atoms with Gasteiger partial charge in [-0.15, -0.1) is 0 Å². The second-order valence-electron chi connectivity index (χ2n) is 1.81. The molecule has 0 aliphatic heterocycles. The Hall–Kier alpha value is -0.700. The smallest absolute Gasteiger partial charge is 0.201 e. The molecule has 0 rings (SSSR count). The van der Waals surface area contributed by atoms with Gasteiger partial charge in [-0.05, 0) is 6.42 Å². The minimum Gasteiger partial charge on any atom is -0.388 e. The highest BCUT2D eigenvalue weighted by atomic mass is 16.3. The van der Waals surface area contributed by atoms with Crippen molar-refractivity contribution in [3.8, 4) is 0 Å². The molecule has 0 saturated heterocycles. The van der Waals surface area contributed by atoms with Crippen LogP contribution in [0.15, 0.2) is 0 Å². The van der Waals surface area contributed by atoms with Crippen LogP contribution in [0.5, 0.6) is 0 Å². The van der Waals surface area contributed by atoms with E-state index < -0.39 is 12.4 Å². The van der Waals surface area contributed by atoms with E-state index in [1.165, 1.54) is 0 Å². The fourth-order valence-corrected chi connectivity index (χ4v) is 0.485. The number of hydrogen-bond acceptors (Lipinski definition) is 3. The second kappa shape index (κ2) is 4.21. The molecule has 2 N–H and O–H groups in total. The molecule has 0 aliphatic rings. The number of Topliss-reactive ketones (excluding diaryl/α,β-unsaturated/α-hetero) is 1. The summed E-state index contributed by atoms with van der Waals surface area (Å²) < 4.78 is 0. The number of aliphatic hydroxyl groups excluding tert-OH is 1. The topological polar surface area (TPSA) is 61.2 Å². The van der Waals surface area contributed by atoms with Crippen molar-refractivity contribution in [3.63, 3.8) is 0 Å². The van der Waals surface area contributed by atoms with Crippen molar-refractivity contribution in [3.05, 3.63) is 0 Å². The average molecular weight is 129 g/mol. The van der Waals surface area contributed by atoms with Gasteiger partial charge in [0.05, 0.1) is 5.71 Å². The average Bonchev–Trinajstić information content (AvgIpc) is 1.87. The van der Waals surface area contributed by atoms with Crippen LogP contribution in [0.2, 0.25) is 0 Å². The number of ketones is 1. The first-order valence-corrected chi connectivity index (χ1v) is 2.93. The number of carbonyl (C=O) groups excluding carboxylic acids is 1. The van der Waals surface area contributed by atoms with Gasteiger partial charge in [-0.25, -0.2) is 0 Å². The van der Waals surface area contributed by atoms with Gasteiger partial charge in [0.2, 0.25) is 5.78 Å². The molecular formula is C6H11NO2. The lowest BCUT2D eigenvalue weighted by atomic mass is 10.1. The first-order chi connectivity index (χ1) is 4.22. The fourth-order valence-electron chi connectivity index (χ4n) is 0.485. The van der Waals surface area contributed by atoms with E-state index in [0.717, 1.165) is 6.42 Å². The van der Waals surface area contributed by atoms with Gasteiger partial charge >= 0.3 is 0 Å². The molecule has 0 aromatic carbocycles. The van der Waals surface area contributed by atoms with Gasteiger partial charge in [0.1, 0.15) is 6.61 Å². The molecule has 0 saturated carbocycles. The maximum Gasteiger partial charge on any atom is 0.201 e. The number of aliphatic hydroxyl groups is 1. The van der Waals surface area contributed by atoms with Crippen molar-refractivity contribution >= 4 is 11.5 Å². The summed E-state index contributed by atoms with van der Waals surface area (Å²) >= 11 is 0. The van der Waals surface area contributed by atoms with Crippen LogP contribution in [0, 0.1) is 5.41 Å². The Kier molecular flexibility index (Phi) is 3.88. The molecule has 0 heterocycles. The molecule has 3 nitrogen and oxygen atoms in total. The van der Waals surface area contributed by atoms with Gasteiger partial charge in [0, 0.05) is 0 Å². The zero-order chi connectivity index (χ0) is 7.28. The first-order valence-electron chi connectivity index (χ1n) is 2.93. The monoisotopic (exact) mass is 129 g/mol. The van der Waals surface area contributed by atoms with Gasteiger partial charge in [-0.2, -0.15) is 0 Å². The van der Waals surface area contributed by atoms with E-state index in [4.69, 9.17) is 10.5 Å². The van der Waals surface area contributed by atoms with Crippen LogP contribution in [-0.4, -0.2) is 23.2 Å². The molecule has 0 atom stereocenters. The number of nitrogens with one attached hydrogen (secondary N) is 1. The van der Waals surface area contributed by atoms with Crippen molar-refractivity contribution in [1.29, 1.82) is 5.41 Å². The molecule has 9 heavy (non-hydrogen) atoms. The first kappa shape index (κ1) is 8.30. The summed E-state index contributed by atoms with van der Waals surface area (Å²) in [5.41, 5.74) is 0.0278. The fraction of sp³-hybridized carbons (Fsp3) is 0.667. The van der Waals surface area contributed by atoms with Crippen LogP contribution in [0.1, 0.15) is 19.8 Å². The van der Waals surface area contributed by atoms with Gasteiger partial charge in [0.25, 0.3) is 0 Å². The second-order valence-corrected chi connectivity index (χ2v) is 1.81. The number of hydrogen-bond donors (Lipinski definition) is 2. The van der Waals surface area contributed by atoms with E-state index in [1.807, 2.05) is 6.92 Å². The summed E-state index contributed by atoms with van der Waals surface area (Å²) in [6.07, 6.45) is 1.25. The molecule has 0 bridgehead atoms. The summed E-state index contributed by atoms with van der Waals surface area (Å²) in [7, 11) is 0. The number of carbonyl (C=O) groups is 1. The molecule has 0 aromatic rings. The van der Waals surface area contributed by atoms with Crippen LogP contribution < -0.4 is 0 Å². The summed E-state index contributed by atoms with van der Waals surface area (Å²) in [6, 6.07) is 0.